The van der Waals surface area contributed by atoms with Gasteiger partial charge in [0.2, 0.25) is 5.78 Å². The van der Waals surface area contributed by atoms with Crippen LogP contribution in [0.2, 0.25) is 0 Å². The molecule has 1 aliphatic rings. The van der Waals surface area contributed by atoms with E-state index in [0.29, 0.717) is 17.1 Å². The highest BCUT2D eigenvalue weighted by Crippen LogP contribution is 2.29. The van der Waals surface area contributed by atoms with Crippen molar-refractivity contribution < 1.29 is 19.1 Å². The number of ether oxygens (including phenoxy) is 2. The molecule has 0 saturated heterocycles. The quantitative estimate of drug-likeness (QED) is 0.840. The molecule has 0 saturated carbocycles. The van der Waals surface area contributed by atoms with E-state index >= 15 is 0 Å². The Hall–Kier alpha value is -2.04. The molecule has 1 amide bonds. The average molecular weight is 235 g/mol. The summed E-state index contributed by atoms with van der Waals surface area (Å²) in [6.07, 6.45) is -0.588. The van der Waals surface area contributed by atoms with Crippen LogP contribution in [-0.2, 0) is 4.79 Å². The molecule has 2 rings (SSSR count). The Labute approximate surface area is 98.7 Å². The first-order valence-corrected chi connectivity index (χ1v) is 5.30. The molecule has 0 aliphatic carbocycles. The van der Waals surface area contributed by atoms with Gasteiger partial charge in [-0.3, -0.25) is 9.59 Å². The summed E-state index contributed by atoms with van der Waals surface area (Å²) in [6, 6.07) is 4.93. The molecule has 5 heteroatoms. The molecule has 0 radical (unpaired) electrons. The molecule has 0 fully saturated rings. The van der Waals surface area contributed by atoms with Crippen molar-refractivity contribution in [1.29, 1.82) is 0 Å². The van der Waals surface area contributed by atoms with Crippen LogP contribution in [0, 0.1) is 0 Å². The third kappa shape index (κ3) is 2.22. The number of carbonyl (C=O) groups excluding carboxylic acids is 2. The molecule has 90 valence electrons. The number of benzene rings is 1. The molecule has 1 N–H and O–H groups in total. The van der Waals surface area contributed by atoms with Gasteiger partial charge in [-0.05, 0) is 19.1 Å². The number of Topliss-reactive ketones (excluding diaryl/α,β-unsaturated/α-hetero) is 1. The Morgan fingerprint density at radius 1 is 1.53 bits per heavy atom. The van der Waals surface area contributed by atoms with Crippen molar-refractivity contribution >= 4 is 11.7 Å². The van der Waals surface area contributed by atoms with Gasteiger partial charge in [-0.25, -0.2) is 0 Å². The summed E-state index contributed by atoms with van der Waals surface area (Å²) in [5, 5.41) is 2.50. The molecule has 0 aromatic heterocycles. The van der Waals surface area contributed by atoms with Gasteiger partial charge in [-0.15, -0.1) is 0 Å². The van der Waals surface area contributed by atoms with E-state index in [1.807, 2.05) is 0 Å². The first kappa shape index (κ1) is 11.4. The fourth-order valence-electron chi connectivity index (χ4n) is 1.61. The Balaban J connectivity index is 2.14. The van der Waals surface area contributed by atoms with Crippen LogP contribution in [0.5, 0.6) is 11.5 Å². The second kappa shape index (κ2) is 4.45. The zero-order valence-electron chi connectivity index (χ0n) is 9.65. The van der Waals surface area contributed by atoms with E-state index in [1.165, 1.54) is 0 Å². The minimum Gasteiger partial charge on any atom is -0.485 e. The smallest absolute Gasteiger partial charge is 0.260 e. The fourth-order valence-corrected chi connectivity index (χ4v) is 1.61. The Kier molecular flexibility index (Phi) is 2.99. The summed E-state index contributed by atoms with van der Waals surface area (Å²) in [7, 11) is 1.55. The van der Waals surface area contributed by atoms with Crippen LogP contribution in [0.25, 0.3) is 0 Å². The van der Waals surface area contributed by atoms with Crippen molar-refractivity contribution in [3.63, 3.8) is 0 Å². The molecule has 17 heavy (non-hydrogen) atoms. The lowest BCUT2D eigenvalue weighted by atomic mass is 10.1. The molecule has 5 nitrogen and oxygen atoms in total. The van der Waals surface area contributed by atoms with Gasteiger partial charge in [0.15, 0.2) is 12.7 Å². The Morgan fingerprint density at radius 2 is 2.29 bits per heavy atom. The predicted octanol–water partition coefficient (Wildman–Crippen LogP) is 0.775. The third-order valence-electron chi connectivity index (χ3n) is 2.54. The van der Waals surface area contributed by atoms with Crippen LogP contribution in [0.4, 0.5) is 0 Å². The topological polar surface area (TPSA) is 64.6 Å². The van der Waals surface area contributed by atoms with E-state index in [-0.39, 0.29) is 18.3 Å². The highest BCUT2D eigenvalue weighted by atomic mass is 16.5. The number of hydrogen-bond donors (Lipinski definition) is 1. The number of fused-ring (bicyclic) bond motifs is 1. The van der Waals surface area contributed by atoms with Gasteiger partial charge in [0.05, 0.1) is 5.56 Å². The minimum atomic E-state index is -0.588. The van der Waals surface area contributed by atoms with Gasteiger partial charge in [-0.1, -0.05) is 0 Å². The van der Waals surface area contributed by atoms with E-state index in [1.54, 1.807) is 32.2 Å². The van der Waals surface area contributed by atoms with E-state index in [9.17, 15) is 9.59 Å². The van der Waals surface area contributed by atoms with Crippen LogP contribution < -0.4 is 14.8 Å². The summed E-state index contributed by atoms with van der Waals surface area (Å²) < 4.78 is 10.6. The number of likely N-dealkylation sites (N-methyl/N-ethyl adjacent to an activating group) is 1. The molecule has 1 aliphatic heterocycles. The standard InChI is InChI=1S/C12H13NO4/c1-7(12(15)13-2)17-8-3-4-9-10(14)6-16-11(9)5-8/h3-5,7H,6H2,1-2H3,(H,13,15). The molecule has 1 heterocycles. The number of ketones is 1. The van der Waals surface area contributed by atoms with Crippen LogP contribution in [0.3, 0.4) is 0 Å². The maximum absolute atomic E-state index is 11.3. The van der Waals surface area contributed by atoms with Gasteiger partial charge < -0.3 is 14.8 Å². The minimum absolute atomic E-state index is 0.0362. The summed E-state index contributed by atoms with van der Waals surface area (Å²) in [5.41, 5.74) is 0.560. The van der Waals surface area contributed by atoms with Gasteiger partial charge >= 0.3 is 0 Å². The zero-order valence-corrected chi connectivity index (χ0v) is 9.65. The van der Waals surface area contributed by atoms with E-state index in [0.717, 1.165) is 0 Å². The maximum atomic E-state index is 11.3. The van der Waals surface area contributed by atoms with Crippen LogP contribution >= 0.6 is 0 Å². The predicted molar refractivity (Wildman–Crippen MR) is 60.4 cm³/mol. The fraction of sp³-hybridized carbons (Fsp3) is 0.333. The second-order valence-corrected chi connectivity index (χ2v) is 3.74. The SMILES string of the molecule is CNC(=O)C(C)Oc1ccc2c(c1)OCC2=O. The lowest BCUT2D eigenvalue weighted by Gasteiger charge is -2.13. The Morgan fingerprint density at radius 3 is 3.00 bits per heavy atom. The third-order valence-corrected chi connectivity index (χ3v) is 2.54. The monoisotopic (exact) mass is 235 g/mol. The van der Waals surface area contributed by atoms with Crippen molar-refractivity contribution in [2.75, 3.05) is 13.7 Å². The molecule has 1 aromatic carbocycles. The second-order valence-electron chi connectivity index (χ2n) is 3.74. The number of amides is 1. The highest BCUT2D eigenvalue weighted by Gasteiger charge is 2.22. The van der Waals surface area contributed by atoms with Crippen LogP contribution in [0.15, 0.2) is 18.2 Å². The van der Waals surface area contributed by atoms with Crippen molar-refractivity contribution in [1.82, 2.24) is 5.32 Å². The van der Waals surface area contributed by atoms with Crippen molar-refractivity contribution in [2.45, 2.75) is 13.0 Å². The van der Waals surface area contributed by atoms with Crippen molar-refractivity contribution in [3.8, 4) is 11.5 Å². The number of nitrogens with one attached hydrogen (secondary N) is 1. The van der Waals surface area contributed by atoms with Crippen molar-refractivity contribution in [3.05, 3.63) is 23.8 Å². The van der Waals surface area contributed by atoms with Gasteiger partial charge in [0, 0.05) is 13.1 Å². The largest absolute Gasteiger partial charge is 0.485 e. The maximum Gasteiger partial charge on any atom is 0.260 e. The Bertz CT molecular complexity index is 470. The summed E-state index contributed by atoms with van der Waals surface area (Å²) >= 11 is 0. The molecule has 0 bridgehead atoms. The van der Waals surface area contributed by atoms with Crippen LogP contribution in [-0.4, -0.2) is 31.4 Å². The van der Waals surface area contributed by atoms with E-state index < -0.39 is 6.10 Å². The molecule has 1 unspecified atom stereocenters. The van der Waals surface area contributed by atoms with Crippen molar-refractivity contribution in [2.24, 2.45) is 0 Å². The van der Waals surface area contributed by atoms with Crippen LogP contribution in [0.1, 0.15) is 17.3 Å². The molecule has 1 atom stereocenters. The summed E-state index contributed by atoms with van der Waals surface area (Å²) in [5.74, 6) is 0.777. The first-order chi connectivity index (χ1) is 8.11. The summed E-state index contributed by atoms with van der Waals surface area (Å²) in [6.45, 7) is 1.72. The summed E-state index contributed by atoms with van der Waals surface area (Å²) in [4.78, 5) is 22.6. The van der Waals surface area contributed by atoms with Gasteiger partial charge in [0.25, 0.3) is 5.91 Å². The zero-order chi connectivity index (χ0) is 12.4. The number of hydrogen-bond acceptors (Lipinski definition) is 4. The lowest BCUT2D eigenvalue weighted by Crippen LogP contribution is -2.33. The van der Waals surface area contributed by atoms with Gasteiger partial charge in [-0.2, -0.15) is 0 Å². The molecular weight excluding hydrogens is 222 g/mol. The van der Waals surface area contributed by atoms with E-state index in [4.69, 9.17) is 9.47 Å². The van der Waals surface area contributed by atoms with E-state index in [2.05, 4.69) is 5.32 Å². The number of rotatable bonds is 3. The average Bonchev–Trinajstić information content (AvgIpc) is 2.69. The molecule has 1 aromatic rings. The lowest BCUT2D eigenvalue weighted by molar-refractivity contribution is -0.126. The molecular formula is C12H13NO4. The highest BCUT2D eigenvalue weighted by molar-refractivity contribution is 6.02. The van der Waals surface area contributed by atoms with Gasteiger partial charge in [0.1, 0.15) is 11.5 Å². The normalized spacial score (nSPS) is 14.8. The first-order valence-electron chi connectivity index (χ1n) is 5.30. The number of carbonyl (C=O) groups is 2. The molecule has 0 spiro atoms.